The van der Waals surface area contributed by atoms with E-state index in [2.05, 4.69) is 35.4 Å². The smallest absolute Gasteiger partial charge is 0.258 e. The van der Waals surface area contributed by atoms with Gasteiger partial charge in [0.25, 0.3) is 5.91 Å². The van der Waals surface area contributed by atoms with Crippen molar-refractivity contribution in [3.05, 3.63) is 81.8 Å². The van der Waals surface area contributed by atoms with Crippen molar-refractivity contribution in [2.24, 2.45) is 0 Å². The van der Waals surface area contributed by atoms with Crippen LogP contribution in [0.2, 0.25) is 0 Å². The maximum Gasteiger partial charge on any atom is 0.258 e. The van der Waals surface area contributed by atoms with Crippen LogP contribution in [0, 0.1) is 6.92 Å². The van der Waals surface area contributed by atoms with Crippen LogP contribution in [-0.4, -0.2) is 15.8 Å². The Morgan fingerprint density at radius 1 is 1.17 bits per heavy atom. The lowest BCUT2D eigenvalue weighted by molar-refractivity contribution is 0.0729. The van der Waals surface area contributed by atoms with E-state index in [0.717, 1.165) is 16.3 Å². The molecule has 2 aromatic heterocycles. The Balaban J connectivity index is 1.68. The van der Waals surface area contributed by atoms with E-state index in [-0.39, 0.29) is 12.1 Å². The fourth-order valence-electron chi connectivity index (χ4n) is 2.92. The Morgan fingerprint density at radius 2 is 2.00 bits per heavy atom. The molecule has 0 aliphatic carbocycles. The summed E-state index contributed by atoms with van der Waals surface area (Å²) in [5.74, 6) is 0.0242. The minimum absolute atomic E-state index is 0.0242. The Hall–Kier alpha value is -2.66. The van der Waals surface area contributed by atoms with E-state index >= 15 is 0 Å². The molecule has 4 rings (SSSR count). The second kappa shape index (κ2) is 6.09. The van der Waals surface area contributed by atoms with Crippen molar-refractivity contribution in [3.63, 3.8) is 0 Å². The van der Waals surface area contributed by atoms with E-state index in [1.807, 2.05) is 40.6 Å². The first-order valence-corrected chi connectivity index (χ1v) is 8.72. The third kappa shape index (κ3) is 2.67. The number of anilines is 1. The van der Waals surface area contributed by atoms with Crippen molar-refractivity contribution < 1.29 is 4.79 Å². The van der Waals surface area contributed by atoms with Crippen LogP contribution in [0.3, 0.4) is 0 Å². The summed E-state index contributed by atoms with van der Waals surface area (Å²) >= 11 is 1.66. The van der Waals surface area contributed by atoms with Gasteiger partial charge in [0.1, 0.15) is 6.17 Å². The highest BCUT2D eigenvalue weighted by Gasteiger charge is 2.37. The number of aryl methyl sites for hydroxylation is 1. The van der Waals surface area contributed by atoms with Crippen molar-refractivity contribution >= 4 is 22.9 Å². The number of rotatable bonds is 4. The van der Waals surface area contributed by atoms with Crippen LogP contribution in [0.1, 0.15) is 32.7 Å². The summed E-state index contributed by atoms with van der Waals surface area (Å²) in [5.41, 5.74) is 3.66. The molecule has 0 unspecified atom stereocenters. The standard InChI is InChI=1S/C19H17N3OS/c1-13-6-8-14(9-7-13)21-18-17-16(5-2-10-20-17)19(23)22(18)12-15-4-3-11-24-15/h2-11,18,21H,12H2,1H3/t18-/m1/s1. The number of nitrogens with one attached hydrogen (secondary N) is 1. The van der Waals surface area contributed by atoms with Crippen LogP contribution >= 0.6 is 11.3 Å². The van der Waals surface area contributed by atoms with Crippen molar-refractivity contribution in [3.8, 4) is 0 Å². The lowest BCUT2D eigenvalue weighted by Gasteiger charge is -2.26. The first-order valence-electron chi connectivity index (χ1n) is 7.84. The van der Waals surface area contributed by atoms with Gasteiger partial charge in [0.2, 0.25) is 0 Å². The molecule has 120 valence electrons. The molecule has 24 heavy (non-hydrogen) atoms. The fraction of sp³-hybridized carbons (Fsp3) is 0.158. The van der Waals surface area contributed by atoms with Crippen molar-refractivity contribution in [2.75, 3.05) is 5.32 Å². The number of benzene rings is 1. The molecule has 0 fully saturated rings. The number of aromatic nitrogens is 1. The molecular weight excluding hydrogens is 318 g/mol. The summed E-state index contributed by atoms with van der Waals surface area (Å²) in [5, 5.41) is 5.50. The van der Waals surface area contributed by atoms with E-state index < -0.39 is 0 Å². The average Bonchev–Trinajstić information content (AvgIpc) is 3.20. The summed E-state index contributed by atoms with van der Waals surface area (Å²) < 4.78 is 0. The normalized spacial score (nSPS) is 16.3. The minimum Gasteiger partial charge on any atom is -0.360 e. The lowest BCUT2D eigenvalue weighted by Crippen LogP contribution is -2.31. The molecule has 0 saturated carbocycles. The van der Waals surface area contributed by atoms with Crippen LogP contribution in [0.4, 0.5) is 5.69 Å². The van der Waals surface area contributed by atoms with Gasteiger partial charge in [0, 0.05) is 16.8 Å². The highest BCUT2D eigenvalue weighted by molar-refractivity contribution is 7.09. The Bertz CT molecular complexity index is 859. The van der Waals surface area contributed by atoms with Crippen LogP contribution in [0.25, 0.3) is 0 Å². The van der Waals surface area contributed by atoms with Gasteiger partial charge in [-0.15, -0.1) is 11.3 Å². The van der Waals surface area contributed by atoms with Gasteiger partial charge in [-0.1, -0.05) is 23.8 Å². The average molecular weight is 335 g/mol. The summed E-state index contributed by atoms with van der Waals surface area (Å²) in [6.07, 6.45) is 1.49. The zero-order valence-corrected chi connectivity index (χ0v) is 14.1. The quantitative estimate of drug-likeness (QED) is 0.776. The Kier molecular flexibility index (Phi) is 3.78. The molecule has 1 amide bonds. The third-order valence-electron chi connectivity index (χ3n) is 4.16. The molecule has 3 heterocycles. The number of carbonyl (C=O) groups excluding carboxylic acids is 1. The highest BCUT2D eigenvalue weighted by Crippen LogP contribution is 2.34. The summed E-state index contributed by atoms with van der Waals surface area (Å²) in [6, 6.07) is 15.9. The van der Waals surface area contributed by atoms with Gasteiger partial charge in [-0.05, 0) is 42.6 Å². The number of carbonyl (C=O) groups is 1. The Labute approximate surface area is 144 Å². The van der Waals surface area contributed by atoms with Gasteiger partial charge in [-0.3, -0.25) is 9.78 Å². The van der Waals surface area contributed by atoms with E-state index in [4.69, 9.17) is 0 Å². The second-order valence-electron chi connectivity index (χ2n) is 5.86. The first-order chi connectivity index (χ1) is 11.7. The lowest BCUT2D eigenvalue weighted by atomic mass is 10.2. The highest BCUT2D eigenvalue weighted by atomic mass is 32.1. The van der Waals surface area contributed by atoms with E-state index in [9.17, 15) is 4.79 Å². The number of amides is 1. The molecule has 0 radical (unpaired) electrons. The monoisotopic (exact) mass is 335 g/mol. The molecule has 1 N–H and O–H groups in total. The van der Waals surface area contributed by atoms with Crippen LogP contribution in [0.15, 0.2) is 60.1 Å². The minimum atomic E-state index is -0.251. The molecule has 1 atom stereocenters. The van der Waals surface area contributed by atoms with Crippen LogP contribution in [0.5, 0.6) is 0 Å². The molecule has 5 heteroatoms. The topological polar surface area (TPSA) is 45.2 Å². The molecule has 0 saturated heterocycles. The molecule has 1 aliphatic rings. The summed E-state index contributed by atoms with van der Waals surface area (Å²) in [7, 11) is 0. The van der Waals surface area contributed by atoms with Gasteiger partial charge < -0.3 is 10.2 Å². The van der Waals surface area contributed by atoms with Crippen molar-refractivity contribution in [1.29, 1.82) is 0 Å². The molecule has 1 aromatic carbocycles. The molecule has 0 bridgehead atoms. The van der Waals surface area contributed by atoms with Crippen LogP contribution in [-0.2, 0) is 6.54 Å². The SMILES string of the molecule is Cc1ccc(N[C@H]2c3ncccc3C(=O)N2Cc2cccs2)cc1. The zero-order chi connectivity index (χ0) is 16.5. The molecular formula is C19H17N3OS. The number of fused-ring (bicyclic) bond motifs is 1. The summed E-state index contributed by atoms with van der Waals surface area (Å²) in [4.78, 5) is 20.3. The number of pyridine rings is 1. The first kappa shape index (κ1) is 14.9. The maximum absolute atomic E-state index is 12.8. The predicted molar refractivity (Wildman–Crippen MR) is 96.0 cm³/mol. The van der Waals surface area contributed by atoms with E-state index in [1.54, 1.807) is 17.5 Å². The zero-order valence-electron chi connectivity index (χ0n) is 13.3. The van der Waals surface area contributed by atoms with Gasteiger partial charge >= 0.3 is 0 Å². The fourth-order valence-corrected chi connectivity index (χ4v) is 3.63. The van der Waals surface area contributed by atoms with E-state index in [1.165, 1.54) is 5.56 Å². The largest absolute Gasteiger partial charge is 0.360 e. The van der Waals surface area contributed by atoms with Gasteiger partial charge in [0.05, 0.1) is 17.8 Å². The third-order valence-corrected chi connectivity index (χ3v) is 5.02. The van der Waals surface area contributed by atoms with Crippen molar-refractivity contribution in [1.82, 2.24) is 9.88 Å². The predicted octanol–water partition coefficient (Wildman–Crippen LogP) is 4.22. The van der Waals surface area contributed by atoms with Gasteiger partial charge in [0.15, 0.2) is 0 Å². The van der Waals surface area contributed by atoms with Gasteiger partial charge in [-0.25, -0.2) is 0 Å². The Morgan fingerprint density at radius 3 is 2.75 bits per heavy atom. The van der Waals surface area contributed by atoms with Gasteiger partial charge in [-0.2, -0.15) is 0 Å². The van der Waals surface area contributed by atoms with Crippen molar-refractivity contribution in [2.45, 2.75) is 19.6 Å². The van der Waals surface area contributed by atoms with E-state index in [0.29, 0.717) is 12.1 Å². The number of hydrogen-bond acceptors (Lipinski definition) is 4. The molecule has 3 aromatic rings. The second-order valence-corrected chi connectivity index (χ2v) is 6.89. The number of nitrogens with zero attached hydrogens (tertiary/aromatic N) is 2. The number of hydrogen-bond donors (Lipinski definition) is 1. The maximum atomic E-state index is 12.8. The number of thiophene rings is 1. The van der Waals surface area contributed by atoms with Crippen LogP contribution < -0.4 is 5.32 Å². The molecule has 0 spiro atoms. The molecule has 4 nitrogen and oxygen atoms in total. The molecule has 1 aliphatic heterocycles. The summed E-state index contributed by atoms with van der Waals surface area (Å²) in [6.45, 7) is 2.64.